The Morgan fingerprint density at radius 1 is 1.06 bits per heavy atom. The summed E-state index contributed by atoms with van der Waals surface area (Å²) in [5, 5.41) is 21.6. The molecule has 0 bridgehead atoms. The lowest BCUT2D eigenvalue weighted by atomic mass is 10.0. The number of hydrogen-bond acceptors (Lipinski definition) is 6. The second-order valence-electron chi connectivity index (χ2n) is 7.38. The molecule has 0 aliphatic heterocycles. The lowest BCUT2D eigenvalue weighted by Gasteiger charge is -2.22. The van der Waals surface area contributed by atoms with Gasteiger partial charge in [-0.2, -0.15) is 0 Å². The highest BCUT2D eigenvalue weighted by Crippen LogP contribution is 2.29. The maximum absolute atomic E-state index is 11.6. The number of nitrogens with one attached hydrogen (secondary N) is 2. The van der Waals surface area contributed by atoms with Gasteiger partial charge >= 0.3 is 0 Å². The lowest BCUT2D eigenvalue weighted by molar-refractivity contribution is 0.0711. The van der Waals surface area contributed by atoms with E-state index in [-0.39, 0.29) is 6.61 Å². The van der Waals surface area contributed by atoms with Crippen molar-refractivity contribution in [3.8, 4) is 10.4 Å². The second kappa shape index (κ2) is 12.2. The summed E-state index contributed by atoms with van der Waals surface area (Å²) in [6, 6.07) is 22.1. The molecule has 0 radical (unpaired) electrons. The van der Waals surface area contributed by atoms with E-state index in [1.807, 2.05) is 49.6 Å². The summed E-state index contributed by atoms with van der Waals surface area (Å²) in [5.41, 5.74) is 6.24. The first-order valence-corrected chi connectivity index (χ1v) is 11.3. The van der Waals surface area contributed by atoms with Crippen LogP contribution in [0.5, 0.6) is 0 Å². The van der Waals surface area contributed by atoms with Gasteiger partial charge in [-0.25, -0.2) is 5.48 Å². The summed E-state index contributed by atoms with van der Waals surface area (Å²) in [6.07, 6.45) is 2.89. The molecule has 0 saturated carbocycles. The van der Waals surface area contributed by atoms with E-state index >= 15 is 0 Å². The van der Waals surface area contributed by atoms with Crippen LogP contribution in [0.2, 0.25) is 0 Å². The topological polar surface area (TPSA) is 84.8 Å². The zero-order valence-electron chi connectivity index (χ0n) is 18.1. The highest BCUT2D eigenvalue weighted by atomic mass is 32.1. The summed E-state index contributed by atoms with van der Waals surface area (Å²) in [5.74, 6) is -0.504. The Kier molecular flexibility index (Phi) is 9.01. The minimum atomic E-state index is -0.504. The molecule has 1 amide bonds. The van der Waals surface area contributed by atoms with Crippen molar-refractivity contribution in [2.45, 2.75) is 13.0 Å². The third kappa shape index (κ3) is 6.51. The maximum Gasteiger partial charge on any atom is 0.284 e. The van der Waals surface area contributed by atoms with Crippen molar-refractivity contribution in [2.75, 3.05) is 26.7 Å². The van der Waals surface area contributed by atoms with Gasteiger partial charge in [0.15, 0.2) is 0 Å². The summed E-state index contributed by atoms with van der Waals surface area (Å²) >= 11 is 1.33. The molecule has 0 atom stereocenters. The van der Waals surface area contributed by atoms with Gasteiger partial charge < -0.3 is 10.4 Å². The van der Waals surface area contributed by atoms with E-state index in [9.17, 15) is 9.90 Å². The largest absolute Gasteiger partial charge is 0.395 e. The van der Waals surface area contributed by atoms with E-state index in [0.29, 0.717) is 18.0 Å². The average Bonchev–Trinajstić information content (AvgIpc) is 3.32. The van der Waals surface area contributed by atoms with E-state index < -0.39 is 5.91 Å². The third-order valence-corrected chi connectivity index (χ3v) is 6.26. The predicted octanol–water partition coefficient (Wildman–Crippen LogP) is 3.98. The van der Waals surface area contributed by atoms with Gasteiger partial charge in [0, 0.05) is 37.8 Å². The number of hydrogen-bond donors (Lipinski definition) is 4. The molecule has 0 aliphatic carbocycles. The fraction of sp³-hybridized carbons (Fsp3) is 0.240. The zero-order chi connectivity index (χ0) is 22.8. The van der Waals surface area contributed by atoms with Crippen LogP contribution >= 0.6 is 11.3 Å². The standard InChI is InChI=1S/C25H29N3O3S/c1-26-17-22(20-7-3-2-4-8-20)12-13-28(14-15-29)18-19-6-5-9-21(16-19)23-10-11-24(32-23)25(30)27-31/h2-11,16-17,26,29,31H,12-15,18H2,1H3,(H,27,30)/b22-17-. The monoisotopic (exact) mass is 451 g/mol. The fourth-order valence-corrected chi connectivity index (χ4v) is 4.46. The van der Waals surface area contributed by atoms with E-state index in [4.69, 9.17) is 5.21 Å². The van der Waals surface area contributed by atoms with Crippen molar-refractivity contribution in [2.24, 2.45) is 0 Å². The van der Waals surface area contributed by atoms with Crippen LogP contribution in [0.25, 0.3) is 16.0 Å². The molecular weight excluding hydrogens is 422 g/mol. The number of nitrogens with zero attached hydrogens (tertiary/aromatic N) is 1. The van der Waals surface area contributed by atoms with Crippen LogP contribution in [-0.2, 0) is 6.54 Å². The molecule has 7 heteroatoms. The number of benzene rings is 2. The molecule has 168 valence electrons. The first-order chi connectivity index (χ1) is 15.6. The minimum Gasteiger partial charge on any atom is -0.395 e. The van der Waals surface area contributed by atoms with E-state index in [2.05, 4.69) is 34.5 Å². The van der Waals surface area contributed by atoms with Gasteiger partial charge in [0.05, 0.1) is 11.5 Å². The molecule has 2 aromatic carbocycles. The molecule has 4 N–H and O–H groups in total. The van der Waals surface area contributed by atoms with Crippen LogP contribution in [0.4, 0.5) is 0 Å². The van der Waals surface area contributed by atoms with Gasteiger partial charge in [-0.05, 0) is 46.9 Å². The first-order valence-electron chi connectivity index (χ1n) is 10.5. The van der Waals surface area contributed by atoms with E-state index in [1.54, 1.807) is 11.5 Å². The average molecular weight is 452 g/mol. The molecule has 0 saturated heterocycles. The Hall–Kier alpha value is -2.97. The maximum atomic E-state index is 11.6. The van der Waals surface area contributed by atoms with Crippen molar-refractivity contribution >= 4 is 22.8 Å². The van der Waals surface area contributed by atoms with Crippen LogP contribution in [0, 0.1) is 0 Å². The number of rotatable bonds is 11. The predicted molar refractivity (Wildman–Crippen MR) is 129 cm³/mol. The molecule has 1 heterocycles. The van der Waals surface area contributed by atoms with Crippen LogP contribution < -0.4 is 10.8 Å². The lowest BCUT2D eigenvalue weighted by Crippen LogP contribution is -2.28. The van der Waals surface area contributed by atoms with E-state index in [0.717, 1.165) is 29.0 Å². The number of carbonyl (C=O) groups is 1. The van der Waals surface area contributed by atoms with Crippen LogP contribution in [0.3, 0.4) is 0 Å². The van der Waals surface area contributed by atoms with E-state index in [1.165, 1.54) is 22.5 Å². The number of aliphatic hydroxyl groups excluding tert-OH is 1. The molecule has 32 heavy (non-hydrogen) atoms. The van der Waals surface area contributed by atoms with Gasteiger partial charge in [-0.1, -0.05) is 48.5 Å². The zero-order valence-corrected chi connectivity index (χ0v) is 18.9. The minimum absolute atomic E-state index is 0.0979. The van der Waals surface area contributed by atoms with Crippen molar-refractivity contribution in [1.29, 1.82) is 0 Å². The normalized spacial score (nSPS) is 11.6. The summed E-state index contributed by atoms with van der Waals surface area (Å²) in [4.78, 5) is 15.3. The number of amides is 1. The van der Waals surface area contributed by atoms with Crippen molar-refractivity contribution < 1.29 is 15.1 Å². The number of carbonyl (C=O) groups excluding carboxylic acids is 1. The van der Waals surface area contributed by atoms with Gasteiger partial charge in [0.2, 0.25) is 0 Å². The third-order valence-electron chi connectivity index (χ3n) is 5.13. The highest BCUT2D eigenvalue weighted by molar-refractivity contribution is 7.17. The summed E-state index contributed by atoms with van der Waals surface area (Å²) in [6.45, 7) is 2.21. The molecule has 6 nitrogen and oxygen atoms in total. The molecule has 3 rings (SSSR count). The molecule has 0 spiro atoms. The SMILES string of the molecule is CN/C=C(/CCN(CCO)Cc1cccc(-c2ccc(C(=O)NO)s2)c1)c1ccccc1. The molecular formula is C25H29N3O3S. The first kappa shape index (κ1) is 23.7. The van der Waals surface area contributed by atoms with Gasteiger partial charge in [0.25, 0.3) is 5.91 Å². The fourth-order valence-electron chi connectivity index (χ4n) is 3.57. The molecule has 1 aromatic heterocycles. The highest BCUT2D eigenvalue weighted by Gasteiger charge is 2.12. The smallest absolute Gasteiger partial charge is 0.284 e. The summed E-state index contributed by atoms with van der Waals surface area (Å²) < 4.78 is 0. The Labute approximate surface area is 192 Å². The summed E-state index contributed by atoms with van der Waals surface area (Å²) in [7, 11) is 1.90. The van der Waals surface area contributed by atoms with Crippen LogP contribution in [0.15, 0.2) is 72.9 Å². The van der Waals surface area contributed by atoms with Gasteiger partial charge in [-0.3, -0.25) is 14.9 Å². The number of thiophene rings is 1. The van der Waals surface area contributed by atoms with Crippen molar-refractivity contribution in [3.63, 3.8) is 0 Å². The Bertz CT molecular complexity index is 1030. The van der Waals surface area contributed by atoms with Crippen molar-refractivity contribution in [3.05, 3.63) is 88.9 Å². The van der Waals surface area contributed by atoms with Crippen LogP contribution in [-0.4, -0.2) is 47.9 Å². The molecule has 0 fully saturated rings. The Morgan fingerprint density at radius 3 is 2.59 bits per heavy atom. The molecule has 0 aliphatic rings. The number of aliphatic hydroxyl groups is 1. The quantitative estimate of drug-likeness (QED) is 0.262. The van der Waals surface area contributed by atoms with Crippen LogP contribution in [0.1, 0.15) is 27.2 Å². The second-order valence-corrected chi connectivity index (χ2v) is 8.46. The number of hydroxylamine groups is 1. The molecule has 3 aromatic rings. The van der Waals surface area contributed by atoms with Gasteiger partial charge in [0.1, 0.15) is 0 Å². The molecule has 0 unspecified atom stereocenters. The Morgan fingerprint density at radius 2 is 1.88 bits per heavy atom. The Balaban J connectivity index is 1.70. The van der Waals surface area contributed by atoms with Crippen molar-refractivity contribution in [1.82, 2.24) is 15.7 Å². The van der Waals surface area contributed by atoms with Gasteiger partial charge in [-0.15, -0.1) is 11.3 Å².